The Labute approximate surface area is 112 Å². The fourth-order valence-corrected chi connectivity index (χ4v) is 2.12. The van der Waals surface area contributed by atoms with E-state index in [4.69, 9.17) is 14.2 Å². The third-order valence-electron chi connectivity index (χ3n) is 2.70. The SMILES string of the molecule is CCCCCCCCCCOCCOP(C)(=O)O. The molecule has 0 radical (unpaired) electrons. The van der Waals surface area contributed by atoms with Crippen LogP contribution in [0, 0.1) is 0 Å². The maximum atomic E-state index is 10.8. The first-order chi connectivity index (χ1) is 8.56. The molecule has 0 aliphatic heterocycles. The zero-order valence-corrected chi connectivity index (χ0v) is 12.8. The van der Waals surface area contributed by atoms with E-state index in [0.29, 0.717) is 6.61 Å². The van der Waals surface area contributed by atoms with E-state index < -0.39 is 7.60 Å². The van der Waals surface area contributed by atoms with Crippen LogP contribution in [-0.4, -0.2) is 31.4 Å². The van der Waals surface area contributed by atoms with Crippen molar-refractivity contribution >= 4 is 7.60 Å². The van der Waals surface area contributed by atoms with Crippen molar-refractivity contribution in [2.45, 2.75) is 58.3 Å². The Bertz CT molecular complexity index is 215. The van der Waals surface area contributed by atoms with Crippen molar-refractivity contribution in [1.29, 1.82) is 0 Å². The highest BCUT2D eigenvalue weighted by Crippen LogP contribution is 2.35. The Balaban J connectivity index is 3.01. The Morgan fingerprint density at radius 3 is 2.00 bits per heavy atom. The summed E-state index contributed by atoms with van der Waals surface area (Å²) < 4.78 is 20.8. The van der Waals surface area contributed by atoms with Crippen molar-refractivity contribution in [2.24, 2.45) is 0 Å². The Hall–Kier alpha value is 0.110. The molecule has 1 unspecified atom stereocenters. The zero-order valence-electron chi connectivity index (χ0n) is 11.9. The number of rotatable bonds is 13. The van der Waals surface area contributed by atoms with Gasteiger partial charge in [0.05, 0.1) is 13.2 Å². The van der Waals surface area contributed by atoms with Gasteiger partial charge < -0.3 is 14.2 Å². The topological polar surface area (TPSA) is 55.8 Å². The van der Waals surface area contributed by atoms with Crippen molar-refractivity contribution in [3.8, 4) is 0 Å². The van der Waals surface area contributed by atoms with Crippen molar-refractivity contribution in [3.63, 3.8) is 0 Å². The van der Waals surface area contributed by atoms with Crippen LogP contribution in [0.25, 0.3) is 0 Å². The fourth-order valence-electron chi connectivity index (χ4n) is 1.71. The van der Waals surface area contributed by atoms with Crippen molar-refractivity contribution in [2.75, 3.05) is 26.5 Å². The monoisotopic (exact) mass is 280 g/mol. The van der Waals surface area contributed by atoms with E-state index in [2.05, 4.69) is 6.92 Å². The lowest BCUT2D eigenvalue weighted by Crippen LogP contribution is -2.03. The van der Waals surface area contributed by atoms with Crippen molar-refractivity contribution in [3.05, 3.63) is 0 Å². The van der Waals surface area contributed by atoms with Gasteiger partial charge in [0, 0.05) is 13.3 Å². The molecule has 4 nitrogen and oxygen atoms in total. The predicted octanol–water partition coefficient (Wildman–Crippen LogP) is 3.98. The molecule has 0 aromatic rings. The zero-order chi connectivity index (χ0) is 13.7. The van der Waals surface area contributed by atoms with Crippen LogP contribution in [0.2, 0.25) is 0 Å². The normalized spacial score (nSPS) is 14.6. The van der Waals surface area contributed by atoms with Gasteiger partial charge in [-0.2, -0.15) is 0 Å². The van der Waals surface area contributed by atoms with Crippen molar-refractivity contribution in [1.82, 2.24) is 0 Å². The molecule has 110 valence electrons. The van der Waals surface area contributed by atoms with Gasteiger partial charge in [0.2, 0.25) is 0 Å². The molecule has 0 fully saturated rings. The number of hydrogen-bond acceptors (Lipinski definition) is 3. The molecule has 0 saturated carbocycles. The molecule has 0 aliphatic carbocycles. The second-order valence-corrected chi connectivity index (χ2v) is 6.59. The Kier molecular flexibility index (Phi) is 12.2. The van der Waals surface area contributed by atoms with Gasteiger partial charge in [0.15, 0.2) is 0 Å². The van der Waals surface area contributed by atoms with Crippen LogP contribution < -0.4 is 0 Å². The highest BCUT2D eigenvalue weighted by atomic mass is 31.2. The first-order valence-electron chi connectivity index (χ1n) is 7.09. The number of unbranched alkanes of at least 4 members (excludes halogenated alkanes) is 7. The summed E-state index contributed by atoms with van der Waals surface area (Å²) in [4.78, 5) is 8.86. The van der Waals surface area contributed by atoms with E-state index in [1.807, 2.05) is 0 Å². The second kappa shape index (κ2) is 12.2. The van der Waals surface area contributed by atoms with Crippen LogP contribution in [0.1, 0.15) is 58.3 Å². The van der Waals surface area contributed by atoms with E-state index in [-0.39, 0.29) is 6.61 Å². The van der Waals surface area contributed by atoms with Crippen LogP contribution >= 0.6 is 7.60 Å². The smallest absolute Gasteiger partial charge is 0.325 e. The first-order valence-corrected chi connectivity index (χ1v) is 9.11. The molecule has 0 aliphatic rings. The Morgan fingerprint density at radius 2 is 1.44 bits per heavy atom. The second-order valence-electron chi connectivity index (χ2n) is 4.72. The molecule has 0 saturated heterocycles. The van der Waals surface area contributed by atoms with Gasteiger partial charge in [-0.15, -0.1) is 0 Å². The summed E-state index contributed by atoms with van der Waals surface area (Å²) in [6.45, 7) is 4.73. The van der Waals surface area contributed by atoms with Gasteiger partial charge in [0.1, 0.15) is 0 Å². The van der Waals surface area contributed by atoms with E-state index in [1.54, 1.807) is 0 Å². The van der Waals surface area contributed by atoms with E-state index in [0.717, 1.165) is 13.0 Å². The molecule has 5 heteroatoms. The minimum absolute atomic E-state index is 0.196. The predicted molar refractivity (Wildman–Crippen MR) is 75.1 cm³/mol. The molecular formula is C13H29O4P. The first kappa shape index (κ1) is 18.1. The van der Waals surface area contributed by atoms with E-state index in [1.165, 1.54) is 51.6 Å². The van der Waals surface area contributed by atoms with Gasteiger partial charge >= 0.3 is 7.60 Å². The maximum absolute atomic E-state index is 10.8. The van der Waals surface area contributed by atoms with Gasteiger partial charge in [-0.05, 0) is 6.42 Å². The summed E-state index contributed by atoms with van der Waals surface area (Å²) in [6.07, 6.45) is 10.3. The van der Waals surface area contributed by atoms with Crippen molar-refractivity contribution < 1.29 is 18.7 Å². The average molecular weight is 280 g/mol. The lowest BCUT2D eigenvalue weighted by atomic mass is 10.1. The largest absolute Gasteiger partial charge is 0.379 e. The molecule has 0 spiro atoms. The number of hydrogen-bond donors (Lipinski definition) is 1. The quantitative estimate of drug-likeness (QED) is 0.409. The Morgan fingerprint density at radius 1 is 0.889 bits per heavy atom. The van der Waals surface area contributed by atoms with Crippen LogP contribution in [0.4, 0.5) is 0 Å². The van der Waals surface area contributed by atoms with Gasteiger partial charge in [-0.25, -0.2) is 0 Å². The van der Waals surface area contributed by atoms with Crippen LogP contribution in [0.15, 0.2) is 0 Å². The molecule has 0 aromatic carbocycles. The lowest BCUT2D eigenvalue weighted by molar-refractivity contribution is 0.0932. The fraction of sp³-hybridized carbons (Fsp3) is 1.00. The van der Waals surface area contributed by atoms with Crippen LogP contribution in [0.5, 0.6) is 0 Å². The molecule has 0 heterocycles. The molecule has 0 amide bonds. The summed E-state index contributed by atoms with van der Waals surface area (Å²) in [5, 5.41) is 0. The highest BCUT2D eigenvalue weighted by Gasteiger charge is 2.08. The standard InChI is InChI=1S/C13H29O4P/c1-3-4-5-6-7-8-9-10-11-16-12-13-17-18(2,14)15/h3-13H2,1-2H3,(H,14,15). The van der Waals surface area contributed by atoms with Gasteiger partial charge in [-0.1, -0.05) is 51.9 Å². The highest BCUT2D eigenvalue weighted by molar-refractivity contribution is 7.51. The third-order valence-corrected chi connectivity index (χ3v) is 3.36. The minimum Gasteiger partial charge on any atom is -0.379 e. The lowest BCUT2D eigenvalue weighted by Gasteiger charge is -2.07. The molecule has 0 aromatic heterocycles. The molecule has 0 rings (SSSR count). The molecule has 18 heavy (non-hydrogen) atoms. The molecule has 1 atom stereocenters. The minimum atomic E-state index is -3.33. The summed E-state index contributed by atoms with van der Waals surface area (Å²) >= 11 is 0. The van der Waals surface area contributed by atoms with E-state index >= 15 is 0 Å². The summed E-state index contributed by atoms with van der Waals surface area (Å²) in [7, 11) is -3.33. The molecular weight excluding hydrogens is 251 g/mol. The summed E-state index contributed by atoms with van der Waals surface area (Å²) in [5.41, 5.74) is 0. The summed E-state index contributed by atoms with van der Waals surface area (Å²) in [6, 6.07) is 0. The maximum Gasteiger partial charge on any atom is 0.325 e. The van der Waals surface area contributed by atoms with Crippen LogP contribution in [-0.2, 0) is 13.8 Å². The summed E-state index contributed by atoms with van der Waals surface area (Å²) in [5.74, 6) is 0. The van der Waals surface area contributed by atoms with Crippen LogP contribution in [0.3, 0.4) is 0 Å². The molecule has 0 bridgehead atoms. The average Bonchev–Trinajstić information content (AvgIpc) is 2.29. The van der Waals surface area contributed by atoms with E-state index in [9.17, 15) is 4.57 Å². The van der Waals surface area contributed by atoms with Gasteiger partial charge in [0.25, 0.3) is 0 Å². The number of ether oxygens (including phenoxy) is 1. The molecule has 1 N–H and O–H groups in total. The third kappa shape index (κ3) is 16.1. The van der Waals surface area contributed by atoms with Gasteiger partial charge in [-0.3, -0.25) is 4.57 Å².